The third-order valence-electron chi connectivity index (χ3n) is 7.85. The summed E-state index contributed by atoms with van der Waals surface area (Å²) in [5, 5.41) is 7.69. The van der Waals surface area contributed by atoms with Gasteiger partial charge in [0.1, 0.15) is 42.1 Å². The number of halogens is 1. The van der Waals surface area contributed by atoms with Gasteiger partial charge >= 0.3 is 0 Å². The van der Waals surface area contributed by atoms with Gasteiger partial charge in [0, 0.05) is 23.6 Å². The Hall–Kier alpha value is -5.33. The second-order valence-corrected chi connectivity index (χ2v) is 10.2. The molecule has 6 heterocycles. The summed E-state index contributed by atoms with van der Waals surface area (Å²) >= 11 is 0. The largest absolute Gasteiger partial charge is 0.486 e. The molecule has 2 N–H and O–H groups in total. The number of nitrogens with zero attached hydrogens (tertiary/aromatic N) is 6. The van der Waals surface area contributed by atoms with Crippen molar-refractivity contribution in [3.8, 4) is 17.3 Å². The molecule has 0 unspecified atom stereocenters. The topological polar surface area (TPSA) is 140 Å². The molecule has 13 heteroatoms. The van der Waals surface area contributed by atoms with E-state index in [0.717, 1.165) is 5.56 Å². The quantitative estimate of drug-likeness (QED) is 0.348. The van der Waals surface area contributed by atoms with Crippen LogP contribution in [0, 0.1) is 12.7 Å². The van der Waals surface area contributed by atoms with Crippen LogP contribution in [0.25, 0.3) is 17.0 Å². The second-order valence-electron chi connectivity index (χ2n) is 10.2. The Kier molecular flexibility index (Phi) is 4.79. The van der Waals surface area contributed by atoms with E-state index in [1.165, 1.54) is 29.5 Å². The van der Waals surface area contributed by atoms with Gasteiger partial charge in [0.2, 0.25) is 11.8 Å². The molecule has 8 rings (SSSR count). The molecule has 3 aliphatic rings. The van der Waals surface area contributed by atoms with E-state index in [-0.39, 0.29) is 30.6 Å². The van der Waals surface area contributed by atoms with Crippen LogP contribution >= 0.6 is 0 Å². The summed E-state index contributed by atoms with van der Waals surface area (Å²) in [5.41, 5.74) is 2.61. The molecule has 5 aromatic rings. The molecule has 3 aromatic heterocycles. The second kappa shape index (κ2) is 8.34. The van der Waals surface area contributed by atoms with Crippen molar-refractivity contribution < 1.29 is 23.5 Å². The van der Waals surface area contributed by atoms with E-state index in [9.17, 15) is 14.0 Å². The first kappa shape index (κ1) is 23.5. The van der Waals surface area contributed by atoms with E-state index in [4.69, 9.17) is 14.6 Å². The number of fused-ring (bicyclic) bond motifs is 6. The van der Waals surface area contributed by atoms with Crippen LogP contribution in [-0.4, -0.2) is 54.7 Å². The van der Waals surface area contributed by atoms with Gasteiger partial charge in [-0.3, -0.25) is 9.59 Å². The molecule has 3 aliphatic heterocycles. The predicted octanol–water partition coefficient (Wildman–Crippen LogP) is 2.93. The first-order chi connectivity index (χ1) is 19.9. The standard InChI is InChI=1S/C28H21FN8O4/c1-14-22-25(37(35-14)26-23-24(31-12-30-23)32-13-33-26)34-21(38)10-28(22)17-8-19-20(41-7-6-40-19)9-18(17)36(27(28)39)11-15-2-4-16(29)5-3-15/h2-5,8-9,12-13H,6-7,10-11H2,1H3,(H,34,38)(H,30,31,32,33)/t28-/m1/s1. The van der Waals surface area contributed by atoms with Gasteiger partial charge in [0.05, 0.1) is 24.3 Å². The lowest BCUT2D eigenvalue weighted by molar-refractivity contribution is -0.126. The van der Waals surface area contributed by atoms with Crippen LogP contribution < -0.4 is 19.7 Å². The molecule has 204 valence electrons. The molecule has 0 bridgehead atoms. The van der Waals surface area contributed by atoms with E-state index in [0.29, 0.717) is 70.0 Å². The highest BCUT2D eigenvalue weighted by molar-refractivity contribution is 6.16. The minimum Gasteiger partial charge on any atom is -0.486 e. The highest BCUT2D eigenvalue weighted by atomic mass is 19.1. The van der Waals surface area contributed by atoms with Crippen molar-refractivity contribution in [3.05, 3.63) is 77.3 Å². The molecule has 2 aromatic carbocycles. The predicted molar refractivity (Wildman–Crippen MR) is 143 cm³/mol. The van der Waals surface area contributed by atoms with Gasteiger partial charge in [-0.25, -0.2) is 19.3 Å². The molecular weight excluding hydrogens is 531 g/mol. The number of benzene rings is 2. The van der Waals surface area contributed by atoms with Crippen molar-refractivity contribution in [3.63, 3.8) is 0 Å². The first-order valence-electron chi connectivity index (χ1n) is 13.0. The number of carbonyl (C=O) groups excluding carboxylic acids is 2. The number of ether oxygens (including phenoxy) is 2. The highest BCUT2D eigenvalue weighted by Crippen LogP contribution is 2.56. The molecule has 2 amide bonds. The molecule has 1 atom stereocenters. The SMILES string of the molecule is Cc1nn(-c2ncnc3nc[nH]c23)c2c1[C@]1(CC(=O)N2)C(=O)N(Cc2ccc(F)cc2)c2cc3c(cc21)OCCO3. The maximum Gasteiger partial charge on any atom is 0.243 e. The number of hydrogen-bond donors (Lipinski definition) is 2. The molecule has 0 saturated heterocycles. The first-order valence-corrected chi connectivity index (χ1v) is 13.0. The van der Waals surface area contributed by atoms with Crippen LogP contribution in [0.2, 0.25) is 0 Å². The summed E-state index contributed by atoms with van der Waals surface area (Å²) < 4.78 is 26.9. The zero-order chi connectivity index (χ0) is 27.9. The molecule has 0 fully saturated rings. The van der Waals surface area contributed by atoms with E-state index in [1.807, 2.05) is 0 Å². The summed E-state index contributed by atoms with van der Waals surface area (Å²) in [6.07, 6.45) is 2.73. The fraction of sp³-hybridized carbons (Fsp3) is 0.214. The van der Waals surface area contributed by atoms with Gasteiger partial charge in [-0.2, -0.15) is 9.78 Å². The van der Waals surface area contributed by atoms with Gasteiger partial charge in [-0.05, 0) is 30.7 Å². The molecule has 0 aliphatic carbocycles. The molecule has 0 radical (unpaired) electrons. The average molecular weight is 553 g/mol. The Morgan fingerprint density at radius 2 is 1.83 bits per heavy atom. The minimum absolute atomic E-state index is 0.138. The van der Waals surface area contributed by atoms with Crippen LogP contribution in [0.1, 0.15) is 28.8 Å². The summed E-state index contributed by atoms with van der Waals surface area (Å²) in [5.74, 6) is 0.707. The Balaban J connectivity index is 1.37. The number of nitrogens with one attached hydrogen (secondary N) is 2. The Morgan fingerprint density at radius 3 is 2.63 bits per heavy atom. The van der Waals surface area contributed by atoms with Crippen LogP contribution in [0.15, 0.2) is 49.1 Å². The number of anilines is 2. The number of aromatic nitrogens is 6. The number of amides is 2. The number of rotatable bonds is 3. The van der Waals surface area contributed by atoms with Gasteiger partial charge in [0.15, 0.2) is 23.0 Å². The van der Waals surface area contributed by atoms with Crippen molar-refractivity contribution in [1.82, 2.24) is 29.7 Å². The number of aromatic amines is 1. The Labute approximate surface area is 231 Å². The molecule has 1 spiro atoms. The van der Waals surface area contributed by atoms with Crippen molar-refractivity contribution in [2.45, 2.75) is 25.3 Å². The fourth-order valence-electron chi connectivity index (χ4n) is 6.17. The van der Waals surface area contributed by atoms with Crippen LogP contribution in [0.5, 0.6) is 11.5 Å². The smallest absolute Gasteiger partial charge is 0.243 e. The van der Waals surface area contributed by atoms with Crippen molar-refractivity contribution in [2.75, 3.05) is 23.4 Å². The number of carbonyl (C=O) groups is 2. The minimum atomic E-state index is -1.40. The van der Waals surface area contributed by atoms with Gasteiger partial charge in [0.25, 0.3) is 0 Å². The van der Waals surface area contributed by atoms with E-state index in [2.05, 4.69) is 25.3 Å². The number of aryl methyl sites for hydroxylation is 1. The summed E-state index contributed by atoms with van der Waals surface area (Å²) in [4.78, 5) is 45.6. The van der Waals surface area contributed by atoms with Gasteiger partial charge in [-0.15, -0.1) is 0 Å². The lowest BCUT2D eigenvalue weighted by Crippen LogP contribution is -2.46. The zero-order valence-electron chi connectivity index (χ0n) is 21.6. The van der Waals surface area contributed by atoms with Crippen LogP contribution in [0.3, 0.4) is 0 Å². The van der Waals surface area contributed by atoms with Crippen molar-refractivity contribution in [1.29, 1.82) is 0 Å². The molecule has 0 saturated carbocycles. The molecule has 41 heavy (non-hydrogen) atoms. The lowest BCUT2D eigenvalue weighted by Gasteiger charge is -2.33. The van der Waals surface area contributed by atoms with Crippen molar-refractivity contribution >= 4 is 34.5 Å². The van der Waals surface area contributed by atoms with E-state index in [1.54, 1.807) is 36.1 Å². The van der Waals surface area contributed by atoms with E-state index >= 15 is 0 Å². The lowest BCUT2D eigenvalue weighted by atomic mass is 9.70. The third kappa shape index (κ3) is 3.25. The normalized spacial score (nSPS) is 19.0. The van der Waals surface area contributed by atoms with Crippen LogP contribution in [-0.2, 0) is 21.5 Å². The molecule has 12 nitrogen and oxygen atoms in total. The summed E-state index contributed by atoms with van der Waals surface area (Å²) in [7, 11) is 0. The van der Waals surface area contributed by atoms with Gasteiger partial charge in [-0.1, -0.05) is 12.1 Å². The third-order valence-corrected chi connectivity index (χ3v) is 7.85. The number of imidazole rings is 1. The van der Waals surface area contributed by atoms with Crippen molar-refractivity contribution in [2.24, 2.45) is 0 Å². The Bertz CT molecular complexity index is 1920. The molecular formula is C28H21FN8O4. The zero-order valence-corrected chi connectivity index (χ0v) is 21.6. The number of H-pyrrole nitrogens is 1. The summed E-state index contributed by atoms with van der Waals surface area (Å²) in [6, 6.07) is 9.56. The van der Waals surface area contributed by atoms with Gasteiger partial charge < -0.3 is 24.7 Å². The van der Waals surface area contributed by atoms with E-state index < -0.39 is 5.41 Å². The Morgan fingerprint density at radius 1 is 1.05 bits per heavy atom. The number of hydrogen-bond acceptors (Lipinski definition) is 8. The maximum absolute atomic E-state index is 14.7. The van der Waals surface area contributed by atoms with Crippen LogP contribution in [0.4, 0.5) is 15.9 Å². The average Bonchev–Trinajstić information content (AvgIpc) is 3.64. The monoisotopic (exact) mass is 552 g/mol. The summed E-state index contributed by atoms with van der Waals surface area (Å²) in [6.45, 7) is 2.71. The fourth-order valence-corrected chi connectivity index (χ4v) is 6.17. The highest BCUT2D eigenvalue weighted by Gasteiger charge is 2.58. The maximum atomic E-state index is 14.7.